The smallest absolute Gasteiger partial charge is 0.342 e. The van der Waals surface area contributed by atoms with E-state index in [1.807, 2.05) is 0 Å². The molecule has 1 aliphatic heterocycles. The van der Waals surface area contributed by atoms with Crippen LogP contribution in [0.1, 0.15) is 37.8 Å². The molecule has 0 unspecified atom stereocenters. The topological polar surface area (TPSA) is 103 Å². The highest BCUT2D eigenvalue weighted by atomic mass is 32.2. The third-order valence-corrected chi connectivity index (χ3v) is 6.80. The van der Waals surface area contributed by atoms with Crippen molar-refractivity contribution in [2.75, 3.05) is 32.9 Å². The van der Waals surface area contributed by atoms with Gasteiger partial charge in [-0.25, -0.2) is 13.2 Å². The van der Waals surface area contributed by atoms with Gasteiger partial charge in [0.05, 0.1) is 18.1 Å². The van der Waals surface area contributed by atoms with Crippen LogP contribution in [0.3, 0.4) is 0 Å². The number of aryl methyl sites for hydroxylation is 2. The summed E-state index contributed by atoms with van der Waals surface area (Å²) in [5.74, 6) is 0.00822. The largest absolute Gasteiger partial charge is 0.465 e. The second-order valence-electron chi connectivity index (χ2n) is 6.75. The Balaban J connectivity index is 1.65. The van der Waals surface area contributed by atoms with Crippen molar-refractivity contribution in [1.82, 2.24) is 4.31 Å². The molecule has 1 aromatic heterocycles. The number of morpholine rings is 1. The fraction of sp³-hybridized carbons (Fsp3) is 0.400. The first-order chi connectivity index (χ1) is 13.7. The minimum absolute atomic E-state index is 0.105. The van der Waals surface area contributed by atoms with Crippen LogP contribution >= 0.6 is 0 Å². The van der Waals surface area contributed by atoms with E-state index in [0.717, 1.165) is 0 Å². The highest BCUT2D eigenvalue weighted by Crippen LogP contribution is 2.22. The lowest BCUT2D eigenvalue weighted by atomic mass is 10.1. The van der Waals surface area contributed by atoms with Crippen molar-refractivity contribution in [3.8, 4) is 0 Å². The lowest BCUT2D eigenvalue weighted by Crippen LogP contribution is -2.40. The van der Waals surface area contributed by atoms with Gasteiger partial charge in [0.1, 0.15) is 17.1 Å². The molecule has 1 aromatic carbocycles. The normalized spacial score (nSPS) is 15.3. The number of carbonyl (C=O) groups excluding carboxylic acids is 2. The Bertz CT molecular complexity index is 1020. The Morgan fingerprint density at radius 1 is 1.03 bits per heavy atom. The molecule has 1 fully saturated rings. The van der Waals surface area contributed by atoms with E-state index < -0.39 is 28.4 Å². The van der Waals surface area contributed by atoms with Crippen molar-refractivity contribution >= 4 is 21.8 Å². The molecular weight excluding hydrogens is 398 g/mol. The van der Waals surface area contributed by atoms with Crippen LogP contribution in [0.2, 0.25) is 0 Å². The number of hydrogen-bond acceptors (Lipinski definition) is 7. The van der Waals surface area contributed by atoms with Crippen LogP contribution < -0.4 is 0 Å². The molecule has 156 valence electrons. The Morgan fingerprint density at radius 2 is 1.66 bits per heavy atom. The van der Waals surface area contributed by atoms with E-state index >= 15 is 0 Å². The number of sulfonamides is 1. The molecule has 0 N–H and O–H groups in total. The van der Waals surface area contributed by atoms with Crippen LogP contribution in [0.15, 0.2) is 33.6 Å². The number of nitrogens with zero attached hydrogens (tertiary/aromatic N) is 1. The number of esters is 1. The van der Waals surface area contributed by atoms with Gasteiger partial charge in [-0.15, -0.1) is 0 Å². The maximum atomic E-state index is 12.6. The molecule has 29 heavy (non-hydrogen) atoms. The van der Waals surface area contributed by atoms with Crippen molar-refractivity contribution in [3.05, 3.63) is 52.5 Å². The summed E-state index contributed by atoms with van der Waals surface area (Å²) in [5.41, 5.74) is 1.26. The van der Waals surface area contributed by atoms with Crippen molar-refractivity contribution in [1.29, 1.82) is 0 Å². The zero-order chi connectivity index (χ0) is 21.2. The molecule has 1 saturated heterocycles. The quantitative estimate of drug-likeness (QED) is 0.521. The number of rotatable bonds is 6. The second-order valence-corrected chi connectivity index (χ2v) is 8.69. The third kappa shape index (κ3) is 4.42. The standard InChI is InChI=1S/C20H23NO7S/c1-13-14(2)28-15(3)19(13)20(23)27-12-18(22)16-4-6-17(7-5-16)29(24,25)21-8-10-26-11-9-21/h4-7H,8-12H2,1-3H3. The lowest BCUT2D eigenvalue weighted by molar-refractivity contribution is 0.0472. The first-order valence-corrected chi connectivity index (χ1v) is 10.6. The number of ketones is 1. The van der Waals surface area contributed by atoms with Gasteiger partial charge in [0, 0.05) is 24.2 Å². The van der Waals surface area contributed by atoms with Gasteiger partial charge in [-0.1, -0.05) is 0 Å². The van der Waals surface area contributed by atoms with E-state index in [9.17, 15) is 18.0 Å². The van der Waals surface area contributed by atoms with Gasteiger partial charge in [0.15, 0.2) is 12.4 Å². The average Bonchev–Trinajstić information content (AvgIpc) is 2.98. The number of Topliss-reactive ketones (excluding diaryl/α,β-unsaturated/α-hetero) is 1. The van der Waals surface area contributed by atoms with Gasteiger partial charge in [-0.2, -0.15) is 4.31 Å². The molecule has 0 radical (unpaired) electrons. The van der Waals surface area contributed by atoms with Gasteiger partial charge >= 0.3 is 5.97 Å². The van der Waals surface area contributed by atoms with E-state index in [0.29, 0.717) is 49.0 Å². The van der Waals surface area contributed by atoms with Crippen LogP contribution in [-0.4, -0.2) is 57.4 Å². The molecule has 0 atom stereocenters. The second kappa shape index (κ2) is 8.48. The summed E-state index contributed by atoms with van der Waals surface area (Å²) in [6, 6.07) is 5.60. The summed E-state index contributed by atoms with van der Waals surface area (Å²) in [5, 5.41) is 0. The fourth-order valence-corrected chi connectivity index (χ4v) is 4.54. The molecule has 1 aliphatic rings. The van der Waals surface area contributed by atoms with E-state index in [1.165, 1.54) is 28.6 Å². The highest BCUT2D eigenvalue weighted by molar-refractivity contribution is 7.89. The molecule has 2 heterocycles. The van der Waals surface area contributed by atoms with E-state index in [1.54, 1.807) is 20.8 Å². The van der Waals surface area contributed by atoms with Gasteiger partial charge in [-0.3, -0.25) is 4.79 Å². The first-order valence-electron chi connectivity index (χ1n) is 9.16. The molecule has 0 aliphatic carbocycles. The van der Waals surface area contributed by atoms with Gasteiger partial charge < -0.3 is 13.9 Å². The highest BCUT2D eigenvalue weighted by Gasteiger charge is 2.26. The number of furan rings is 1. The average molecular weight is 421 g/mol. The lowest BCUT2D eigenvalue weighted by Gasteiger charge is -2.26. The minimum atomic E-state index is -3.63. The molecule has 8 nitrogen and oxygen atoms in total. The number of carbonyl (C=O) groups is 2. The monoisotopic (exact) mass is 421 g/mol. The van der Waals surface area contributed by atoms with Crippen molar-refractivity contribution in [2.24, 2.45) is 0 Å². The molecule has 0 saturated carbocycles. The molecule has 0 amide bonds. The van der Waals surface area contributed by atoms with Crippen LogP contribution in [0.5, 0.6) is 0 Å². The number of benzene rings is 1. The summed E-state index contributed by atoms with van der Waals surface area (Å²) in [6.45, 7) is 6.02. The van der Waals surface area contributed by atoms with Crippen molar-refractivity contribution in [3.63, 3.8) is 0 Å². The summed E-state index contributed by atoms with van der Waals surface area (Å²) in [7, 11) is -3.63. The summed E-state index contributed by atoms with van der Waals surface area (Å²) >= 11 is 0. The maximum absolute atomic E-state index is 12.6. The SMILES string of the molecule is Cc1oc(C)c(C(=O)OCC(=O)c2ccc(S(=O)(=O)N3CCOCC3)cc2)c1C. The first kappa shape index (κ1) is 21.2. The zero-order valence-corrected chi connectivity index (χ0v) is 17.4. The predicted molar refractivity (Wildman–Crippen MR) is 104 cm³/mol. The molecule has 0 bridgehead atoms. The molecule has 3 rings (SSSR count). The summed E-state index contributed by atoms with van der Waals surface area (Å²) in [4.78, 5) is 24.7. The number of ether oxygens (including phenoxy) is 2. The van der Waals surface area contributed by atoms with E-state index in [4.69, 9.17) is 13.9 Å². The fourth-order valence-electron chi connectivity index (χ4n) is 3.13. The van der Waals surface area contributed by atoms with Gasteiger partial charge in [-0.05, 0) is 45.0 Å². The van der Waals surface area contributed by atoms with Gasteiger partial charge in [0.2, 0.25) is 10.0 Å². The Hall–Kier alpha value is -2.49. The summed E-state index contributed by atoms with van der Waals surface area (Å²) < 4.78 is 42.3. The molecule has 9 heteroatoms. The van der Waals surface area contributed by atoms with Crippen molar-refractivity contribution in [2.45, 2.75) is 25.7 Å². The maximum Gasteiger partial charge on any atom is 0.342 e. The van der Waals surface area contributed by atoms with Crippen LogP contribution in [-0.2, 0) is 19.5 Å². The Labute approximate surface area is 169 Å². The molecular formula is C20H23NO7S. The Morgan fingerprint density at radius 3 is 2.21 bits per heavy atom. The van der Waals surface area contributed by atoms with E-state index in [2.05, 4.69) is 0 Å². The van der Waals surface area contributed by atoms with Crippen LogP contribution in [0.25, 0.3) is 0 Å². The van der Waals surface area contributed by atoms with Crippen molar-refractivity contribution < 1.29 is 31.9 Å². The van der Waals surface area contributed by atoms with E-state index in [-0.39, 0.29) is 10.5 Å². The minimum Gasteiger partial charge on any atom is -0.465 e. The zero-order valence-electron chi connectivity index (χ0n) is 16.6. The third-order valence-electron chi connectivity index (χ3n) is 4.88. The summed E-state index contributed by atoms with van der Waals surface area (Å²) in [6.07, 6.45) is 0. The molecule has 2 aromatic rings. The number of hydrogen-bond donors (Lipinski definition) is 0. The van der Waals surface area contributed by atoms with Crippen LogP contribution in [0.4, 0.5) is 0 Å². The van der Waals surface area contributed by atoms with Gasteiger partial charge in [0.25, 0.3) is 0 Å². The van der Waals surface area contributed by atoms with Crippen LogP contribution in [0, 0.1) is 20.8 Å². The Kier molecular flexibility index (Phi) is 6.21. The molecule has 0 spiro atoms. The predicted octanol–water partition coefficient (Wildman–Crippen LogP) is 2.27.